The maximum Gasteiger partial charge on any atom is 0.230 e. The molecule has 3 rings (SSSR count). The van der Waals surface area contributed by atoms with Gasteiger partial charge in [0.1, 0.15) is 0 Å². The number of rotatable bonds is 5. The van der Waals surface area contributed by atoms with Crippen LogP contribution >= 0.6 is 0 Å². The smallest absolute Gasteiger partial charge is 0.230 e. The van der Waals surface area contributed by atoms with Gasteiger partial charge in [-0.25, -0.2) is 12.7 Å². The quantitative estimate of drug-likeness (QED) is 0.797. The molecule has 0 saturated carbocycles. The Morgan fingerprint density at radius 1 is 1.26 bits per heavy atom. The van der Waals surface area contributed by atoms with E-state index in [1.54, 1.807) is 6.92 Å². The maximum absolute atomic E-state index is 13.4. The highest BCUT2D eigenvalue weighted by molar-refractivity contribution is 7.89. The van der Waals surface area contributed by atoms with Crippen molar-refractivity contribution in [1.29, 1.82) is 0 Å². The highest BCUT2D eigenvalue weighted by Gasteiger charge is 2.45. The minimum Gasteiger partial charge on any atom is -0.352 e. The van der Waals surface area contributed by atoms with E-state index in [1.165, 1.54) is 4.31 Å². The van der Waals surface area contributed by atoms with E-state index in [2.05, 4.69) is 17.6 Å². The Morgan fingerprint density at radius 3 is 2.52 bits per heavy atom. The van der Waals surface area contributed by atoms with Crippen molar-refractivity contribution >= 4 is 15.9 Å². The lowest BCUT2D eigenvalue weighted by atomic mass is 9.72. The Bertz CT molecular complexity index is 743. The lowest BCUT2D eigenvalue weighted by Gasteiger charge is -2.41. The van der Waals surface area contributed by atoms with Crippen molar-refractivity contribution in [2.24, 2.45) is 0 Å². The minimum atomic E-state index is -3.22. The number of hydrogen-bond donors (Lipinski definition) is 2. The summed E-state index contributed by atoms with van der Waals surface area (Å²) in [6, 6.07) is 10.4. The molecule has 6 nitrogen and oxygen atoms in total. The fraction of sp³-hybridized carbons (Fsp3) is 0.650. The van der Waals surface area contributed by atoms with Gasteiger partial charge in [0, 0.05) is 25.2 Å². The van der Waals surface area contributed by atoms with Gasteiger partial charge in [0.05, 0.1) is 11.2 Å². The second-order valence-corrected chi connectivity index (χ2v) is 10.1. The molecule has 1 amide bonds. The van der Waals surface area contributed by atoms with Crippen molar-refractivity contribution in [3.05, 3.63) is 35.9 Å². The van der Waals surface area contributed by atoms with E-state index in [0.717, 1.165) is 24.9 Å². The average molecular weight is 394 g/mol. The summed E-state index contributed by atoms with van der Waals surface area (Å²) in [5.74, 6) is 0.145. The van der Waals surface area contributed by atoms with Gasteiger partial charge in [-0.1, -0.05) is 30.3 Å². The molecular weight excluding hydrogens is 362 g/mol. The van der Waals surface area contributed by atoms with Crippen LogP contribution in [0.4, 0.5) is 0 Å². The third-order valence-corrected chi connectivity index (χ3v) is 7.94. The van der Waals surface area contributed by atoms with Crippen LogP contribution in [0.5, 0.6) is 0 Å². The van der Waals surface area contributed by atoms with Gasteiger partial charge in [-0.15, -0.1) is 0 Å². The van der Waals surface area contributed by atoms with Gasteiger partial charge < -0.3 is 10.6 Å². The largest absolute Gasteiger partial charge is 0.352 e. The summed E-state index contributed by atoms with van der Waals surface area (Å²) in [5.41, 5.74) is 0.327. The van der Waals surface area contributed by atoms with Crippen molar-refractivity contribution in [3.63, 3.8) is 0 Å². The second kappa shape index (κ2) is 8.29. The normalized spacial score (nSPS) is 26.4. The summed E-state index contributed by atoms with van der Waals surface area (Å²) in [6.07, 6.45) is 2.88. The van der Waals surface area contributed by atoms with E-state index in [9.17, 15) is 13.2 Å². The molecule has 2 unspecified atom stereocenters. The van der Waals surface area contributed by atoms with E-state index in [-0.39, 0.29) is 17.7 Å². The molecule has 2 aliphatic rings. The lowest BCUT2D eigenvalue weighted by Crippen LogP contribution is -2.56. The van der Waals surface area contributed by atoms with Crippen LogP contribution in [0.15, 0.2) is 30.3 Å². The molecule has 0 bridgehead atoms. The zero-order valence-corrected chi connectivity index (χ0v) is 17.1. The second-order valence-electron chi connectivity index (χ2n) is 7.80. The van der Waals surface area contributed by atoms with Crippen molar-refractivity contribution in [1.82, 2.24) is 14.9 Å². The molecule has 2 N–H and O–H groups in total. The summed E-state index contributed by atoms with van der Waals surface area (Å²) in [5, 5.41) is 6.69. The molecule has 2 atom stereocenters. The molecule has 2 saturated heterocycles. The molecule has 150 valence electrons. The van der Waals surface area contributed by atoms with Crippen LogP contribution in [0.1, 0.15) is 45.1 Å². The number of carbonyl (C=O) groups excluding carboxylic acids is 1. The summed E-state index contributed by atoms with van der Waals surface area (Å²) in [6.45, 7) is 5.49. The molecule has 2 fully saturated rings. The average Bonchev–Trinajstić information content (AvgIpc) is 2.68. The minimum absolute atomic E-state index is 0.0429. The molecule has 2 aliphatic heterocycles. The number of sulfonamides is 1. The van der Waals surface area contributed by atoms with Crippen LogP contribution in [0, 0.1) is 0 Å². The molecular formula is C20H31N3O3S. The standard InChI is InChI=1S/C20H31N3O3S/c1-3-27(25,26)23-13-10-20(11-14-23,17-7-5-4-6-8-17)19(24)22-18-9-12-21-16(2)15-18/h4-8,16,18,21H,3,9-15H2,1-2H3,(H,22,24). The van der Waals surface area contributed by atoms with E-state index in [1.807, 2.05) is 30.3 Å². The van der Waals surface area contributed by atoms with Crippen molar-refractivity contribution in [2.45, 2.75) is 57.0 Å². The number of piperidine rings is 2. The van der Waals surface area contributed by atoms with Gasteiger partial charge in [-0.3, -0.25) is 4.79 Å². The third kappa shape index (κ3) is 4.36. The Kier molecular flexibility index (Phi) is 6.23. The predicted molar refractivity (Wildman–Crippen MR) is 107 cm³/mol. The molecule has 2 heterocycles. The van der Waals surface area contributed by atoms with Crippen LogP contribution in [0.3, 0.4) is 0 Å². The molecule has 1 aromatic rings. The zero-order chi connectivity index (χ0) is 19.5. The maximum atomic E-state index is 13.4. The van der Waals surface area contributed by atoms with Gasteiger partial charge >= 0.3 is 0 Å². The molecule has 0 radical (unpaired) electrons. The van der Waals surface area contributed by atoms with Gasteiger partial charge in [-0.2, -0.15) is 0 Å². The third-order valence-electron chi connectivity index (χ3n) is 6.05. The number of nitrogens with zero attached hydrogens (tertiary/aromatic N) is 1. The fourth-order valence-electron chi connectivity index (χ4n) is 4.32. The van der Waals surface area contributed by atoms with Crippen molar-refractivity contribution < 1.29 is 13.2 Å². The first-order valence-corrected chi connectivity index (χ1v) is 11.6. The summed E-state index contributed by atoms with van der Waals surface area (Å²) >= 11 is 0. The topological polar surface area (TPSA) is 78.5 Å². The number of carbonyl (C=O) groups is 1. The Hall–Kier alpha value is -1.44. The van der Waals surface area contributed by atoms with Crippen LogP contribution in [-0.4, -0.2) is 56.1 Å². The van der Waals surface area contributed by atoms with Gasteiger partial charge in [0.25, 0.3) is 0 Å². The van der Waals surface area contributed by atoms with Gasteiger partial charge in [0.15, 0.2) is 0 Å². The monoisotopic (exact) mass is 393 g/mol. The van der Waals surface area contributed by atoms with Gasteiger partial charge in [0.2, 0.25) is 15.9 Å². The molecule has 1 aromatic carbocycles. The Labute approximate surface area is 162 Å². The highest BCUT2D eigenvalue weighted by Crippen LogP contribution is 2.37. The van der Waals surface area contributed by atoms with Crippen LogP contribution in [-0.2, 0) is 20.2 Å². The van der Waals surface area contributed by atoms with Crippen molar-refractivity contribution in [2.75, 3.05) is 25.4 Å². The molecule has 0 aliphatic carbocycles. The van der Waals surface area contributed by atoms with Gasteiger partial charge in [-0.05, 0) is 51.6 Å². The molecule has 27 heavy (non-hydrogen) atoms. The zero-order valence-electron chi connectivity index (χ0n) is 16.3. The first kappa shape index (κ1) is 20.3. The number of nitrogens with one attached hydrogen (secondary N) is 2. The fourth-order valence-corrected chi connectivity index (χ4v) is 5.42. The molecule has 0 aromatic heterocycles. The van der Waals surface area contributed by atoms with Crippen LogP contribution < -0.4 is 10.6 Å². The SMILES string of the molecule is CCS(=O)(=O)N1CCC(C(=O)NC2CCNC(C)C2)(c2ccccc2)CC1. The van der Waals surface area contributed by atoms with E-state index < -0.39 is 15.4 Å². The Morgan fingerprint density at radius 2 is 1.93 bits per heavy atom. The first-order chi connectivity index (χ1) is 12.9. The number of amides is 1. The van der Waals surface area contributed by atoms with Crippen molar-refractivity contribution in [3.8, 4) is 0 Å². The summed E-state index contributed by atoms with van der Waals surface area (Å²) in [4.78, 5) is 13.4. The van der Waals surface area contributed by atoms with Crippen LogP contribution in [0.2, 0.25) is 0 Å². The van der Waals surface area contributed by atoms with E-state index >= 15 is 0 Å². The van der Waals surface area contributed by atoms with E-state index in [0.29, 0.717) is 32.0 Å². The number of benzene rings is 1. The molecule has 7 heteroatoms. The predicted octanol–water partition coefficient (Wildman–Crippen LogP) is 1.63. The first-order valence-electron chi connectivity index (χ1n) is 9.95. The highest BCUT2D eigenvalue weighted by atomic mass is 32.2. The summed E-state index contributed by atoms with van der Waals surface area (Å²) in [7, 11) is -3.22. The molecule has 0 spiro atoms. The van der Waals surface area contributed by atoms with E-state index in [4.69, 9.17) is 0 Å². The van der Waals surface area contributed by atoms with Crippen LogP contribution in [0.25, 0.3) is 0 Å². The number of hydrogen-bond acceptors (Lipinski definition) is 4. The Balaban J connectivity index is 1.81. The summed E-state index contributed by atoms with van der Waals surface area (Å²) < 4.78 is 26.0. The lowest BCUT2D eigenvalue weighted by molar-refractivity contribution is -0.129.